The molecular formula is C4H9NS. The van der Waals surface area contributed by atoms with E-state index >= 15 is 0 Å². The van der Waals surface area contributed by atoms with Crippen LogP contribution in [0.3, 0.4) is 0 Å². The van der Waals surface area contributed by atoms with Gasteiger partial charge in [-0.25, -0.2) is 0 Å². The van der Waals surface area contributed by atoms with Crippen molar-refractivity contribution < 1.29 is 0 Å². The summed E-state index contributed by atoms with van der Waals surface area (Å²) in [6.07, 6.45) is 0. The molecule has 0 fully saturated rings. The van der Waals surface area contributed by atoms with E-state index in [9.17, 15) is 0 Å². The Hall–Kier alpha value is 0.0200. The van der Waals surface area contributed by atoms with Crippen LogP contribution >= 0.6 is 11.8 Å². The van der Waals surface area contributed by atoms with E-state index in [0.29, 0.717) is 5.04 Å². The molecule has 0 atom stereocenters. The molecule has 36 valence electrons. The van der Waals surface area contributed by atoms with E-state index in [2.05, 4.69) is 0 Å². The summed E-state index contributed by atoms with van der Waals surface area (Å²) in [6.45, 7) is 3.84. The number of nitrogens with one attached hydrogen (secondary N) is 1. The van der Waals surface area contributed by atoms with Gasteiger partial charge in [0.15, 0.2) is 0 Å². The molecule has 0 rings (SSSR count). The largest absolute Gasteiger partial charge is 0.299 e. The van der Waals surface area contributed by atoms with Gasteiger partial charge in [0.1, 0.15) is 0 Å². The van der Waals surface area contributed by atoms with Crippen LogP contribution in [0.4, 0.5) is 0 Å². The average molecular weight is 103 g/mol. The molecule has 1 N–H and O–H groups in total. The molecule has 0 amide bonds. The molecule has 0 aromatic heterocycles. The highest BCUT2D eigenvalue weighted by molar-refractivity contribution is 8.13. The predicted molar refractivity (Wildman–Crippen MR) is 31.5 cm³/mol. The van der Waals surface area contributed by atoms with E-state index in [0.717, 1.165) is 5.75 Å². The van der Waals surface area contributed by atoms with Gasteiger partial charge in [-0.15, -0.1) is 11.8 Å². The summed E-state index contributed by atoms with van der Waals surface area (Å²) in [5.41, 5.74) is 0. The van der Waals surface area contributed by atoms with Gasteiger partial charge in [-0.3, -0.25) is 5.41 Å². The van der Waals surface area contributed by atoms with Crippen LogP contribution < -0.4 is 0 Å². The van der Waals surface area contributed by atoms with Gasteiger partial charge in [0, 0.05) is 0 Å². The Kier molecular flexibility index (Phi) is 3.23. The Bertz CT molecular complexity index is 51.5. The fourth-order valence-corrected chi connectivity index (χ4v) is 0.650. The molecule has 0 aliphatic rings. The molecule has 0 bridgehead atoms. The number of hydrogen-bond donors (Lipinski definition) is 1. The molecule has 0 aromatic carbocycles. The molecule has 1 nitrogen and oxygen atoms in total. The molecule has 0 aliphatic heterocycles. The number of hydrogen-bond acceptors (Lipinski definition) is 2. The van der Waals surface area contributed by atoms with Crippen molar-refractivity contribution in [2.75, 3.05) is 5.75 Å². The molecular weight excluding hydrogens is 94.1 g/mol. The Balaban J connectivity index is 2.83. The van der Waals surface area contributed by atoms with Crippen molar-refractivity contribution >= 4 is 16.8 Å². The smallest absolute Gasteiger partial charge is 0.0610 e. The van der Waals surface area contributed by atoms with Crippen molar-refractivity contribution in [3.63, 3.8) is 0 Å². The molecule has 0 unspecified atom stereocenters. The third kappa shape index (κ3) is 4.02. The Morgan fingerprint density at radius 1 is 1.83 bits per heavy atom. The Morgan fingerprint density at radius 2 is 2.33 bits per heavy atom. The maximum absolute atomic E-state index is 6.86. The summed E-state index contributed by atoms with van der Waals surface area (Å²) in [4.78, 5) is 0. The fourth-order valence-electron chi connectivity index (χ4n) is 0.217. The van der Waals surface area contributed by atoms with Crippen molar-refractivity contribution in [3.8, 4) is 0 Å². The summed E-state index contributed by atoms with van der Waals surface area (Å²) < 4.78 is 0. The van der Waals surface area contributed by atoms with Gasteiger partial charge in [-0.2, -0.15) is 0 Å². The van der Waals surface area contributed by atoms with Gasteiger partial charge in [-0.1, -0.05) is 6.92 Å². The third-order valence-corrected chi connectivity index (χ3v) is 1.08. The monoisotopic (exact) mass is 103 g/mol. The highest BCUT2D eigenvalue weighted by Gasteiger charge is 1.78. The van der Waals surface area contributed by atoms with Gasteiger partial charge in [0.05, 0.1) is 5.04 Å². The van der Waals surface area contributed by atoms with Crippen molar-refractivity contribution in [1.29, 1.82) is 5.41 Å². The van der Waals surface area contributed by atoms with E-state index in [1.165, 1.54) is 0 Å². The van der Waals surface area contributed by atoms with Gasteiger partial charge in [-0.05, 0) is 12.7 Å². The van der Waals surface area contributed by atoms with E-state index < -0.39 is 0 Å². The minimum atomic E-state index is 0.706. The lowest BCUT2D eigenvalue weighted by Crippen LogP contribution is -1.76. The molecule has 2 heteroatoms. The topological polar surface area (TPSA) is 23.9 Å². The van der Waals surface area contributed by atoms with Crippen molar-refractivity contribution in [3.05, 3.63) is 0 Å². The molecule has 0 saturated carbocycles. The van der Waals surface area contributed by atoms with Gasteiger partial charge in [0.25, 0.3) is 0 Å². The van der Waals surface area contributed by atoms with E-state index in [1.54, 1.807) is 18.7 Å². The van der Waals surface area contributed by atoms with Crippen LogP contribution in [0.15, 0.2) is 0 Å². The normalized spacial score (nSPS) is 8.33. The Labute approximate surface area is 42.6 Å². The van der Waals surface area contributed by atoms with E-state index in [1.807, 2.05) is 6.92 Å². The van der Waals surface area contributed by atoms with Crippen LogP contribution in [0, 0.1) is 5.41 Å². The molecule has 0 spiro atoms. The second-order valence-electron chi connectivity index (χ2n) is 0.989. The standard InChI is InChI=1S/C4H9NS/c1-3-6-4(2)5/h5H,3H2,1-2H3. The zero-order valence-electron chi connectivity index (χ0n) is 4.12. The predicted octanol–water partition coefficient (Wildman–Crippen LogP) is 1.74. The zero-order valence-corrected chi connectivity index (χ0v) is 4.93. The first-order valence-electron chi connectivity index (χ1n) is 1.95. The van der Waals surface area contributed by atoms with Crippen LogP contribution in [0.25, 0.3) is 0 Å². The zero-order chi connectivity index (χ0) is 4.99. The van der Waals surface area contributed by atoms with E-state index in [-0.39, 0.29) is 0 Å². The summed E-state index contributed by atoms with van der Waals surface area (Å²) >= 11 is 1.57. The lowest BCUT2D eigenvalue weighted by atomic mass is 10.9. The van der Waals surface area contributed by atoms with Crippen LogP contribution in [0.2, 0.25) is 0 Å². The third-order valence-electron chi connectivity index (χ3n) is 0.361. The lowest BCUT2D eigenvalue weighted by Gasteiger charge is -1.85. The van der Waals surface area contributed by atoms with E-state index in [4.69, 9.17) is 5.41 Å². The molecule has 0 saturated heterocycles. The summed E-state index contributed by atoms with van der Waals surface area (Å²) in [7, 11) is 0. The van der Waals surface area contributed by atoms with Crippen molar-refractivity contribution in [2.45, 2.75) is 13.8 Å². The first kappa shape index (κ1) is 6.02. The first-order chi connectivity index (χ1) is 2.77. The fraction of sp³-hybridized carbons (Fsp3) is 0.750. The highest BCUT2D eigenvalue weighted by atomic mass is 32.2. The van der Waals surface area contributed by atoms with Gasteiger partial charge in [0.2, 0.25) is 0 Å². The maximum atomic E-state index is 6.86. The molecule has 0 aromatic rings. The van der Waals surface area contributed by atoms with Crippen LogP contribution in [-0.2, 0) is 0 Å². The Morgan fingerprint density at radius 3 is 2.33 bits per heavy atom. The SMILES string of the molecule is CCSC(C)=N. The molecule has 0 radical (unpaired) electrons. The summed E-state index contributed by atoms with van der Waals surface area (Å²) in [5.74, 6) is 1.02. The van der Waals surface area contributed by atoms with Gasteiger partial charge >= 0.3 is 0 Å². The van der Waals surface area contributed by atoms with Crippen LogP contribution in [-0.4, -0.2) is 10.8 Å². The molecule has 6 heavy (non-hydrogen) atoms. The minimum Gasteiger partial charge on any atom is -0.299 e. The van der Waals surface area contributed by atoms with Crippen LogP contribution in [0.5, 0.6) is 0 Å². The summed E-state index contributed by atoms with van der Waals surface area (Å²) in [6, 6.07) is 0. The average Bonchev–Trinajstić information content (AvgIpc) is 1.35. The second kappa shape index (κ2) is 3.22. The molecule has 0 aliphatic carbocycles. The molecule has 0 heterocycles. The van der Waals surface area contributed by atoms with Crippen molar-refractivity contribution in [1.82, 2.24) is 0 Å². The van der Waals surface area contributed by atoms with Crippen LogP contribution in [0.1, 0.15) is 13.8 Å². The second-order valence-corrected chi connectivity index (χ2v) is 2.47. The van der Waals surface area contributed by atoms with Gasteiger partial charge < -0.3 is 0 Å². The quantitative estimate of drug-likeness (QED) is 0.396. The summed E-state index contributed by atoms with van der Waals surface area (Å²) in [5, 5.41) is 7.56. The number of thioether (sulfide) groups is 1. The van der Waals surface area contributed by atoms with Crippen molar-refractivity contribution in [2.24, 2.45) is 0 Å². The lowest BCUT2D eigenvalue weighted by molar-refractivity contribution is 1.51. The number of rotatable bonds is 1. The maximum Gasteiger partial charge on any atom is 0.0610 e. The minimum absolute atomic E-state index is 0.706. The highest BCUT2D eigenvalue weighted by Crippen LogP contribution is 1.97. The first-order valence-corrected chi connectivity index (χ1v) is 2.94.